The molecule has 0 amide bonds. The van der Waals surface area contributed by atoms with Crippen LogP contribution >= 0.6 is 23.2 Å². The number of hydrogen-bond donors (Lipinski definition) is 0. The molecule has 0 unspecified atom stereocenters. The summed E-state index contributed by atoms with van der Waals surface area (Å²) in [5, 5.41) is 0.194. The van der Waals surface area contributed by atoms with Crippen molar-refractivity contribution in [3.63, 3.8) is 0 Å². The van der Waals surface area contributed by atoms with Gasteiger partial charge in [0, 0.05) is 0 Å². The zero-order valence-electron chi connectivity index (χ0n) is 1.87. The van der Waals surface area contributed by atoms with E-state index in [1.165, 1.54) is 0 Å². The molecule has 0 aliphatic carbocycles. The van der Waals surface area contributed by atoms with Gasteiger partial charge in [0.2, 0.25) is 0 Å². The Morgan fingerprint density at radius 3 is 1.25 bits per heavy atom. The van der Waals surface area contributed by atoms with Gasteiger partial charge in [-0.2, -0.15) is 0 Å². The van der Waals surface area contributed by atoms with Crippen molar-refractivity contribution in [3.8, 4) is 0 Å². The second-order valence-corrected chi connectivity index (χ2v) is 0.909. The Labute approximate surface area is 54.6 Å². The fourth-order valence-electron chi connectivity index (χ4n) is 0. The summed E-state index contributed by atoms with van der Waals surface area (Å²) in [5.74, 6) is 0. The maximum atomic E-state index is 4.76. The summed E-state index contributed by atoms with van der Waals surface area (Å²) in [6.07, 6.45) is 0. The van der Waals surface area contributed by atoms with Crippen molar-refractivity contribution in [2.75, 3.05) is 5.34 Å². The van der Waals surface area contributed by atoms with Crippen LogP contribution in [0.4, 0.5) is 0 Å². The molecule has 0 aliphatic rings. The molecule has 0 bridgehead atoms. The Balaban J connectivity index is 0. The molecule has 28 valence electrons. The van der Waals surface area contributed by atoms with E-state index in [2.05, 4.69) is 0 Å². The molecule has 0 N–H and O–H groups in total. The molecule has 0 rings (SSSR count). The van der Waals surface area contributed by atoms with Crippen LogP contribution in [0.3, 0.4) is 0 Å². The molecule has 0 fully saturated rings. The quantitative estimate of drug-likeness (QED) is 0.588. The van der Waals surface area contributed by atoms with E-state index >= 15 is 0 Å². The Morgan fingerprint density at radius 2 is 1.25 bits per heavy atom. The molecule has 0 saturated carbocycles. The van der Waals surface area contributed by atoms with Gasteiger partial charge in [0.05, 0.1) is 5.34 Å². The van der Waals surface area contributed by atoms with Gasteiger partial charge in [0.25, 0.3) is 0 Å². The fourth-order valence-corrected chi connectivity index (χ4v) is 0. The maximum absolute atomic E-state index is 4.76. The molecule has 0 aliphatic heterocycles. The minimum absolute atomic E-state index is 0. The van der Waals surface area contributed by atoms with Gasteiger partial charge >= 0.3 is 26.2 Å². The van der Waals surface area contributed by atoms with Crippen LogP contribution < -0.4 is 0 Å². The first-order valence-corrected chi connectivity index (χ1v) is 1.60. The second-order valence-electron chi connectivity index (χ2n) is 0.101. The van der Waals surface area contributed by atoms with Crippen molar-refractivity contribution in [1.29, 1.82) is 0 Å². The number of halogens is 2. The zero-order chi connectivity index (χ0) is 2.71. The van der Waals surface area contributed by atoms with Crippen LogP contribution in [-0.4, -0.2) is 5.34 Å². The van der Waals surface area contributed by atoms with Crippen molar-refractivity contribution in [3.05, 3.63) is 0 Å². The summed E-state index contributed by atoms with van der Waals surface area (Å²) >= 11 is 9.53. The number of rotatable bonds is 0. The first-order chi connectivity index (χ1) is 1.41. The second kappa shape index (κ2) is 8.82. The van der Waals surface area contributed by atoms with Gasteiger partial charge in [-0.25, -0.2) is 0 Å². The van der Waals surface area contributed by atoms with Crippen molar-refractivity contribution in [2.45, 2.75) is 0 Å². The summed E-state index contributed by atoms with van der Waals surface area (Å²) in [7, 11) is 0. The standard InChI is InChI=1S/CH2Cl2.AtH/c2-1-3;/h1H2;1H. The van der Waals surface area contributed by atoms with Crippen LogP contribution in [0.15, 0.2) is 0 Å². The van der Waals surface area contributed by atoms with Crippen LogP contribution in [0, 0.1) is 26.2 Å². The molecule has 0 nitrogen and oxygen atoms in total. The third-order valence-electron chi connectivity index (χ3n) is 0. The number of alkyl halides is 2. The molecule has 0 radical (unpaired) electrons. The van der Waals surface area contributed by atoms with Gasteiger partial charge in [0.1, 0.15) is 0 Å². The normalized spacial score (nSPS) is 4.50. The molecule has 0 atom stereocenters. The van der Waals surface area contributed by atoms with Gasteiger partial charge in [-0.05, 0) is 0 Å². The van der Waals surface area contributed by atoms with E-state index < -0.39 is 0 Å². The van der Waals surface area contributed by atoms with Gasteiger partial charge in [-0.15, -0.1) is 23.2 Å². The van der Waals surface area contributed by atoms with E-state index in [0.717, 1.165) is 0 Å². The van der Waals surface area contributed by atoms with E-state index in [9.17, 15) is 0 Å². The summed E-state index contributed by atoms with van der Waals surface area (Å²) in [6.45, 7) is 0. The third-order valence-corrected chi connectivity index (χ3v) is 0. The Morgan fingerprint density at radius 1 is 1.25 bits per heavy atom. The van der Waals surface area contributed by atoms with Gasteiger partial charge in [0.15, 0.2) is 0 Å². The van der Waals surface area contributed by atoms with E-state index in [1.807, 2.05) is 0 Å². The fraction of sp³-hybridized carbons (Fsp3) is 1.00. The average Bonchev–Trinajstić information content (AvgIpc) is 0.918. The molecule has 3 heteroatoms. The molecule has 0 saturated heterocycles. The van der Waals surface area contributed by atoms with Gasteiger partial charge < -0.3 is 0 Å². The Bertz CT molecular complexity index is 6.00. The Kier molecular flexibility index (Phi) is 20.0. The summed E-state index contributed by atoms with van der Waals surface area (Å²) in [4.78, 5) is 0. The van der Waals surface area contributed by atoms with Crippen molar-refractivity contribution in [2.24, 2.45) is 0 Å². The Hall–Kier alpha value is 1.46. The first-order valence-electron chi connectivity index (χ1n) is 0.535. The van der Waals surface area contributed by atoms with Crippen LogP contribution in [-0.2, 0) is 0 Å². The van der Waals surface area contributed by atoms with Crippen LogP contribution in [0.25, 0.3) is 0 Å². The van der Waals surface area contributed by atoms with Crippen molar-refractivity contribution < 1.29 is 26.2 Å². The van der Waals surface area contributed by atoms with E-state index in [1.54, 1.807) is 0 Å². The van der Waals surface area contributed by atoms with Gasteiger partial charge in [-0.1, -0.05) is 0 Å². The van der Waals surface area contributed by atoms with Crippen LogP contribution in [0.1, 0.15) is 0 Å². The first kappa shape index (κ1) is 9.07. The molecule has 0 aromatic heterocycles. The van der Waals surface area contributed by atoms with Crippen LogP contribution in [0.2, 0.25) is 0 Å². The van der Waals surface area contributed by atoms with Gasteiger partial charge in [-0.3, -0.25) is 0 Å². The predicted molar refractivity (Wildman–Crippen MR) is 18.0 cm³/mol. The van der Waals surface area contributed by atoms with Crippen molar-refractivity contribution in [1.82, 2.24) is 0 Å². The third kappa shape index (κ3) is 9.81. The molecular formula is CH3AtCl2. The molecule has 0 aromatic rings. The molecule has 0 aromatic carbocycles. The van der Waals surface area contributed by atoms with E-state index in [0.29, 0.717) is 0 Å². The topological polar surface area (TPSA) is 0 Å². The SMILES string of the molecule is ClCCl.[AtH]. The summed E-state index contributed by atoms with van der Waals surface area (Å²) in [6, 6.07) is 0. The molecule has 4 heavy (non-hydrogen) atoms. The average molecular weight is 296 g/mol. The molecule has 0 heterocycles. The monoisotopic (exact) mass is 295 g/mol. The zero-order valence-corrected chi connectivity index (χ0v) is 6.56. The molecule has 0 spiro atoms. The number of hydrogen-bond acceptors (Lipinski definition) is 0. The molecular weight excluding hydrogens is 293 g/mol. The predicted octanol–water partition coefficient (Wildman–Crippen LogP) is 1.15. The minimum atomic E-state index is 0. The summed E-state index contributed by atoms with van der Waals surface area (Å²) in [5.41, 5.74) is 0. The summed E-state index contributed by atoms with van der Waals surface area (Å²) < 4.78 is 0. The van der Waals surface area contributed by atoms with E-state index in [4.69, 9.17) is 23.2 Å². The van der Waals surface area contributed by atoms with Crippen LogP contribution in [0.5, 0.6) is 0 Å². The van der Waals surface area contributed by atoms with Crippen molar-refractivity contribution >= 4 is 23.2 Å². The van der Waals surface area contributed by atoms with E-state index in [-0.39, 0.29) is 31.5 Å².